The van der Waals surface area contributed by atoms with Gasteiger partial charge in [-0.1, -0.05) is 13.8 Å². The number of allylic oxidation sites excluding steroid dienone is 1. The van der Waals surface area contributed by atoms with Crippen LogP contribution in [0.25, 0.3) is 0 Å². The summed E-state index contributed by atoms with van der Waals surface area (Å²) in [7, 11) is 0. The smallest absolute Gasteiger partial charge is 0.265 e. The molecule has 148 valence electrons. The first-order valence-corrected chi connectivity index (χ1v) is 10.4. The molecule has 2 rings (SSSR count). The topological polar surface area (TPSA) is 70.7 Å². The van der Waals surface area contributed by atoms with E-state index in [1.807, 2.05) is 0 Å². The maximum absolute atomic E-state index is 12.3. The van der Waals surface area contributed by atoms with Gasteiger partial charge >= 0.3 is 0 Å². The van der Waals surface area contributed by atoms with Crippen molar-refractivity contribution in [1.29, 1.82) is 0 Å². The van der Waals surface area contributed by atoms with Crippen molar-refractivity contribution >= 4 is 29.3 Å². The highest BCUT2D eigenvalue weighted by molar-refractivity contribution is 8.04. The molecule has 27 heavy (non-hydrogen) atoms. The molecule has 0 aromatic heterocycles. The molecule has 0 spiro atoms. The van der Waals surface area contributed by atoms with Crippen molar-refractivity contribution in [2.45, 2.75) is 27.2 Å². The molecule has 1 aliphatic rings. The number of hydrogen-bond acceptors (Lipinski definition) is 5. The molecule has 2 N–H and O–H groups in total. The second-order valence-corrected chi connectivity index (χ2v) is 7.36. The second kappa shape index (κ2) is 11.0. The van der Waals surface area contributed by atoms with Crippen LogP contribution in [0.15, 0.2) is 34.9 Å². The number of nitrogens with zero attached hydrogens (tertiary/aromatic N) is 1. The van der Waals surface area contributed by atoms with Gasteiger partial charge in [0.15, 0.2) is 0 Å². The molecule has 1 aromatic rings. The normalized spacial score (nSPS) is 14.1. The number of carbonyl (C=O) groups excluding carboxylic acids is 2. The zero-order chi connectivity index (χ0) is 19.6. The average Bonchev–Trinajstić information content (AvgIpc) is 2.68. The lowest BCUT2D eigenvalue weighted by molar-refractivity contribution is -0.112. The summed E-state index contributed by atoms with van der Waals surface area (Å²) in [6.45, 7) is 10.4. The molecule has 6 nitrogen and oxygen atoms in total. The first-order valence-electron chi connectivity index (χ1n) is 9.43. The van der Waals surface area contributed by atoms with Crippen molar-refractivity contribution in [1.82, 2.24) is 10.2 Å². The highest BCUT2D eigenvalue weighted by Gasteiger charge is 2.18. The van der Waals surface area contributed by atoms with Crippen LogP contribution in [0, 0.1) is 0 Å². The van der Waals surface area contributed by atoms with Crippen LogP contribution in [0.3, 0.4) is 0 Å². The fourth-order valence-electron chi connectivity index (χ4n) is 2.77. The predicted octanol–water partition coefficient (Wildman–Crippen LogP) is 3.08. The minimum atomic E-state index is -0.175. The zero-order valence-corrected chi connectivity index (χ0v) is 17.2. The molecule has 1 heterocycles. The molecule has 0 aliphatic carbocycles. The number of anilines is 1. The van der Waals surface area contributed by atoms with E-state index in [-0.39, 0.29) is 11.8 Å². The standard InChI is InChI=1S/C20H29N3O3S/c1-4-23(5-2)12-6-11-21-19(24)16-7-9-17(10-8-16)22-20(25)18-15(3)26-13-14-27-18/h7-10H,4-6,11-14H2,1-3H3,(H,21,24)(H,22,25). The summed E-state index contributed by atoms with van der Waals surface area (Å²) >= 11 is 1.50. The summed E-state index contributed by atoms with van der Waals surface area (Å²) in [5.41, 5.74) is 1.24. The molecule has 0 saturated heterocycles. The molecule has 7 heteroatoms. The van der Waals surface area contributed by atoms with Gasteiger partial charge in [0, 0.05) is 23.5 Å². The van der Waals surface area contributed by atoms with Crippen LogP contribution in [0.4, 0.5) is 5.69 Å². The SMILES string of the molecule is CCN(CC)CCCNC(=O)c1ccc(NC(=O)C2=C(C)OCCS2)cc1. The number of amides is 2. The molecular formula is C20H29N3O3S. The quantitative estimate of drug-likeness (QED) is 0.633. The molecule has 2 amide bonds. The Morgan fingerprint density at radius 3 is 2.48 bits per heavy atom. The number of carbonyl (C=O) groups is 2. The molecule has 1 aromatic carbocycles. The van der Waals surface area contributed by atoms with E-state index in [0.717, 1.165) is 31.8 Å². The van der Waals surface area contributed by atoms with Gasteiger partial charge < -0.3 is 20.3 Å². The van der Waals surface area contributed by atoms with Crippen LogP contribution < -0.4 is 10.6 Å². The fourth-order valence-corrected chi connectivity index (χ4v) is 3.59. The molecule has 0 fully saturated rings. The molecule has 1 aliphatic heterocycles. The molecule has 0 unspecified atom stereocenters. The van der Waals surface area contributed by atoms with E-state index in [1.54, 1.807) is 31.2 Å². The van der Waals surface area contributed by atoms with Crippen LogP contribution >= 0.6 is 11.8 Å². The van der Waals surface area contributed by atoms with Crippen molar-refractivity contribution in [3.63, 3.8) is 0 Å². The van der Waals surface area contributed by atoms with E-state index in [4.69, 9.17) is 4.74 Å². The molecule has 0 atom stereocenters. The third-order valence-electron chi connectivity index (χ3n) is 4.41. The Labute approximate surface area is 165 Å². The van der Waals surface area contributed by atoms with Gasteiger partial charge in [0.05, 0.1) is 6.61 Å². The van der Waals surface area contributed by atoms with E-state index in [0.29, 0.717) is 35.1 Å². The minimum absolute atomic E-state index is 0.0952. The van der Waals surface area contributed by atoms with Crippen molar-refractivity contribution < 1.29 is 14.3 Å². The lowest BCUT2D eigenvalue weighted by atomic mass is 10.2. The second-order valence-electron chi connectivity index (χ2n) is 6.25. The van der Waals surface area contributed by atoms with Crippen molar-refractivity contribution in [3.05, 3.63) is 40.5 Å². The summed E-state index contributed by atoms with van der Waals surface area (Å²) in [4.78, 5) is 27.5. The van der Waals surface area contributed by atoms with Crippen molar-refractivity contribution in [3.8, 4) is 0 Å². The maximum Gasteiger partial charge on any atom is 0.265 e. The van der Waals surface area contributed by atoms with Gasteiger partial charge in [-0.05, 0) is 57.2 Å². The van der Waals surface area contributed by atoms with Crippen LogP contribution in [0.2, 0.25) is 0 Å². The van der Waals surface area contributed by atoms with Crippen LogP contribution in [0.5, 0.6) is 0 Å². The van der Waals surface area contributed by atoms with E-state index in [2.05, 4.69) is 29.4 Å². The number of hydrogen-bond donors (Lipinski definition) is 2. The van der Waals surface area contributed by atoms with E-state index in [1.165, 1.54) is 11.8 Å². The Hall–Kier alpha value is -1.99. The average molecular weight is 392 g/mol. The Kier molecular flexibility index (Phi) is 8.67. The lowest BCUT2D eigenvalue weighted by Gasteiger charge is -2.18. The summed E-state index contributed by atoms with van der Waals surface area (Å²) in [5.74, 6) is 1.16. The lowest BCUT2D eigenvalue weighted by Crippen LogP contribution is -2.29. The van der Waals surface area contributed by atoms with Crippen molar-refractivity contribution in [2.75, 3.05) is 43.9 Å². The Balaban J connectivity index is 1.82. The monoisotopic (exact) mass is 391 g/mol. The maximum atomic E-state index is 12.3. The van der Waals surface area contributed by atoms with Gasteiger partial charge in [0.25, 0.3) is 11.8 Å². The highest BCUT2D eigenvalue weighted by Crippen LogP contribution is 2.26. The van der Waals surface area contributed by atoms with Gasteiger partial charge in [-0.3, -0.25) is 9.59 Å². The minimum Gasteiger partial charge on any atom is -0.496 e. The largest absolute Gasteiger partial charge is 0.496 e. The van der Waals surface area contributed by atoms with Crippen LogP contribution in [-0.4, -0.2) is 55.3 Å². The van der Waals surface area contributed by atoms with E-state index in [9.17, 15) is 9.59 Å². The first-order chi connectivity index (χ1) is 13.0. The predicted molar refractivity (Wildman–Crippen MR) is 111 cm³/mol. The third-order valence-corrected chi connectivity index (χ3v) is 5.54. The zero-order valence-electron chi connectivity index (χ0n) is 16.3. The van der Waals surface area contributed by atoms with Gasteiger partial charge in [-0.2, -0.15) is 0 Å². The molecule has 0 bridgehead atoms. The number of thioether (sulfide) groups is 1. The summed E-state index contributed by atoms with van der Waals surface area (Å²) in [6, 6.07) is 6.93. The van der Waals surface area contributed by atoms with Gasteiger partial charge in [-0.15, -0.1) is 11.8 Å². The van der Waals surface area contributed by atoms with E-state index < -0.39 is 0 Å². The summed E-state index contributed by atoms with van der Waals surface area (Å²) < 4.78 is 5.42. The van der Waals surface area contributed by atoms with Gasteiger partial charge in [0.1, 0.15) is 10.7 Å². The first kappa shape index (κ1) is 21.3. The summed E-state index contributed by atoms with van der Waals surface area (Å²) in [6.07, 6.45) is 0.926. The Morgan fingerprint density at radius 1 is 1.15 bits per heavy atom. The Morgan fingerprint density at radius 2 is 1.85 bits per heavy atom. The number of rotatable bonds is 9. The van der Waals surface area contributed by atoms with Gasteiger partial charge in [-0.25, -0.2) is 0 Å². The molecule has 0 radical (unpaired) electrons. The molecular weight excluding hydrogens is 362 g/mol. The fraction of sp³-hybridized carbons (Fsp3) is 0.500. The van der Waals surface area contributed by atoms with Crippen molar-refractivity contribution in [2.24, 2.45) is 0 Å². The number of benzene rings is 1. The molecule has 0 saturated carbocycles. The third kappa shape index (κ3) is 6.59. The van der Waals surface area contributed by atoms with Gasteiger partial charge in [0.2, 0.25) is 0 Å². The van der Waals surface area contributed by atoms with Crippen LogP contribution in [-0.2, 0) is 9.53 Å². The van der Waals surface area contributed by atoms with E-state index >= 15 is 0 Å². The summed E-state index contributed by atoms with van der Waals surface area (Å²) in [5, 5.41) is 5.79. The Bertz CT molecular complexity index is 670. The highest BCUT2D eigenvalue weighted by atomic mass is 32.2. The number of nitrogens with one attached hydrogen (secondary N) is 2. The van der Waals surface area contributed by atoms with Crippen LogP contribution in [0.1, 0.15) is 37.6 Å². The number of ether oxygens (including phenoxy) is 1.